The van der Waals surface area contributed by atoms with Crippen molar-refractivity contribution in [1.82, 2.24) is 9.29 Å². The molecule has 1 aliphatic rings. The second-order valence-electron chi connectivity index (χ2n) is 4.64. The van der Waals surface area contributed by atoms with Crippen molar-refractivity contribution in [3.05, 3.63) is 24.5 Å². The first-order valence-electron chi connectivity index (χ1n) is 6.25. The largest absolute Gasteiger partial charge is 0.330 e. The molecule has 1 saturated heterocycles. The van der Waals surface area contributed by atoms with E-state index in [9.17, 15) is 8.42 Å². The Bertz CT molecular complexity index is 479. The van der Waals surface area contributed by atoms with Crippen LogP contribution in [0, 0.1) is 5.92 Å². The van der Waals surface area contributed by atoms with Crippen molar-refractivity contribution in [1.29, 1.82) is 0 Å². The number of hydrogen-bond donors (Lipinski definition) is 1. The molecule has 1 aromatic rings. The van der Waals surface area contributed by atoms with Crippen molar-refractivity contribution in [2.45, 2.75) is 24.2 Å². The van der Waals surface area contributed by atoms with E-state index >= 15 is 0 Å². The summed E-state index contributed by atoms with van der Waals surface area (Å²) >= 11 is 0. The molecule has 1 aliphatic heterocycles. The number of nitrogens with two attached hydrogens (primary N) is 1. The lowest BCUT2D eigenvalue weighted by Crippen LogP contribution is -2.40. The lowest BCUT2D eigenvalue weighted by molar-refractivity contribution is 0.258. The summed E-state index contributed by atoms with van der Waals surface area (Å²) in [6, 6.07) is 3.24. The van der Waals surface area contributed by atoms with Gasteiger partial charge < -0.3 is 5.73 Å². The maximum atomic E-state index is 12.4. The average Bonchev–Trinajstić information content (AvgIpc) is 2.40. The Balaban J connectivity index is 0.00000180. The van der Waals surface area contributed by atoms with E-state index in [-0.39, 0.29) is 17.3 Å². The smallest absolute Gasteiger partial charge is 0.244 e. The maximum absolute atomic E-state index is 12.4. The Morgan fingerprint density at radius 3 is 2.89 bits per heavy atom. The predicted molar refractivity (Wildman–Crippen MR) is 76.6 cm³/mol. The highest BCUT2D eigenvalue weighted by Gasteiger charge is 2.29. The molecule has 2 N–H and O–H groups in total. The van der Waals surface area contributed by atoms with E-state index in [1.165, 1.54) is 6.20 Å². The fourth-order valence-corrected chi connectivity index (χ4v) is 3.88. The van der Waals surface area contributed by atoms with Crippen molar-refractivity contribution in [2.75, 3.05) is 19.6 Å². The van der Waals surface area contributed by atoms with Crippen LogP contribution in [0.15, 0.2) is 29.4 Å². The zero-order chi connectivity index (χ0) is 13.0. The first kappa shape index (κ1) is 16.4. The van der Waals surface area contributed by atoms with E-state index in [0.717, 1.165) is 19.3 Å². The van der Waals surface area contributed by atoms with Crippen LogP contribution in [0.3, 0.4) is 0 Å². The highest BCUT2D eigenvalue weighted by Crippen LogP contribution is 2.24. The molecule has 0 bridgehead atoms. The first-order chi connectivity index (χ1) is 8.64. The molecule has 108 valence electrons. The van der Waals surface area contributed by atoms with Gasteiger partial charge in [-0.1, -0.05) is 0 Å². The van der Waals surface area contributed by atoms with Crippen molar-refractivity contribution in [3.8, 4) is 0 Å². The Labute approximate surface area is 120 Å². The van der Waals surface area contributed by atoms with Crippen molar-refractivity contribution in [2.24, 2.45) is 11.7 Å². The van der Waals surface area contributed by atoms with Gasteiger partial charge in [0.25, 0.3) is 0 Å². The summed E-state index contributed by atoms with van der Waals surface area (Å²) in [5, 5.41) is 0. The van der Waals surface area contributed by atoms with Crippen LogP contribution in [-0.2, 0) is 10.0 Å². The molecule has 1 unspecified atom stereocenters. The van der Waals surface area contributed by atoms with Crippen LogP contribution >= 0.6 is 12.4 Å². The molecular weight excluding hydrogens is 286 g/mol. The van der Waals surface area contributed by atoms with Crippen LogP contribution < -0.4 is 5.73 Å². The average molecular weight is 306 g/mol. The molecule has 19 heavy (non-hydrogen) atoms. The Hall–Kier alpha value is -0.690. The van der Waals surface area contributed by atoms with Gasteiger partial charge >= 0.3 is 0 Å². The van der Waals surface area contributed by atoms with Crippen molar-refractivity contribution < 1.29 is 8.42 Å². The number of nitrogens with zero attached hydrogens (tertiary/aromatic N) is 2. The third-order valence-electron chi connectivity index (χ3n) is 3.33. The Morgan fingerprint density at radius 1 is 1.47 bits per heavy atom. The van der Waals surface area contributed by atoms with Crippen LogP contribution in [0.1, 0.15) is 19.3 Å². The van der Waals surface area contributed by atoms with Gasteiger partial charge in [-0.3, -0.25) is 4.98 Å². The van der Waals surface area contributed by atoms with Crippen LogP contribution in [0.4, 0.5) is 0 Å². The van der Waals surface area contributed by atoms with E-state index in [1.54, 1.807) is 22.6 Å². The Kier molecular flexibility index (Phi) is 6.19. The zero-order valence-electron chi connectivity index (χ0n) is 10.7. The molecular formula is C12H20ClN3O2S. The minimum Gasteiger partial charge on any atom is -0.330 e. The standard InChI is InChI=1S/C12H19N3O2S.ClH/c13-6-5-11-3-2-8-15(10-11)18(16,17)12-4-1-7-14-9-12;/h1,4,7,9,11H,2-3,5-6,8,10,13H2;1H. The van der Waals surface area contributed by atoms with Gasteiger partial charge in [-0.25, -0.2) is 8.42 Å². The van der Waals surface area contributed by atoms with E-state index in [1.807, 2.05) is 0 Å². The fourth-order valence-electron chi connectivity index (χ4n) is 2.37. The molecule has 0 aliphatic carbocycles. The zero-order valence-corrected chi connectivity index (χ0v) is 12.4. The van der Waals surface area contributed by atoms with Gasteiger partial charge in [-0.15, -0.1) is 12.4 Å². The lowest BCUT2D eigenvalue weighted by atomic mass is 9.96. The summed E-state index contributed by atoms with van der Waals surface area (Å²) in [6.45, 7) is 1.79. The predicted octanol–water partition coefficient (Wildman–Crippen LogP) is 1.25. The quantitative estimate of drug-likeness (QED) is 0.908. The van der Waals surface area contributed by atoms with Gasteiger partial charge in [0.05, 0.1) is 0 Å². The van der Waals surface area contributed by atoms with Gasteiger partial charge in [0.2, 0.25) is 10.0 Å². The van der Waals surface area contributed by atoms with Crippen molar-refractivity contribution >= 4 is 22.4 Å². The molecule has 7 heteroatoms. The summed E-state index contributed by atoms with van der Waals surface area (Å²) in [7, 11) is -3.38. The fraction of sp³-hybridized carbons (Fsp3) is 0.583. The number of pyridine rings is 1. The third kappa shape index (κ3) is 3.89. The van der Waals surface area contributed by atoms with Crippen LogP contribution in [0.2, 0.25) is 0 Å². The minimum atomic E-state index is -3.38. The number of rotatable bonds is 4. The molecule has 1 aromatic heterocycles. The minimum absolute atomic E-state index is 0. The highest BCUT2D eigenvalue weighted by atomic mass is 35.5. The third-order valence-corrected chi connectivity index (χ3v) is 5.18. The maximum Gasteiger partial charge on any atom is 0.244 e. The van der Waals surface area contributed by atoms with Crippen molar-refractivity contribution in [3.63, 3.8) is 0 Å². The Morgan fingerprint density at radius 2 is 2.26 bits per heavy atom. The molecule has 5 nitrogen and oxygen atoms in total. The second kappa shape index (κ2) is 7.19. The molecule has 0 aromatic carbocycles. The molecule has 1 fully saturated rings. The van der Waals surface area contributed by atoms with E-state index in [2.05, 4.69) is 4.98 Å². The highest BCUT2D eigenvalue weighted by molar-refractivity contribution is 7.89. The summed E-state index contributed by atoms with van der Waals surface area (Å²) in [5.74, 6) is 0.384. The normalized spacial score (nSPS) is 20.8. The van der Waals surface area contributed by atoms with Gasteiger partial charge in [-0.2, -0.15) is 4.31 Å². The van der Waals surface area contributed by atoms with Gasteiger partial charge in [-0.05, 0) is 43.9 Å². The number of piperidine rings is 1. The molecule has 1 atom stereocenters. The number of aromatic nitrogens is 1. The van der Waals surface area contributed by atoms with E-state index in [0.29, 0.717) is 25.6 Å². The molecule has 0 spiro atoms. The summed E-state index contributed by atoms with van der Waals surface area (Å²) in [6.07, 6.45) is 5.84. The van der Waals surface area contributed by atoms with E-state index in [4.69, 9.17) is 5.73 Å². The van der Waals surface area contributed by atoms with Crippen LogP contribution in [0.25, 0.3) is 0 Å². The van der Waals surface area contributed by atoms with Gasteiger partial charge in [0.1, 0.15) is 4.90 Å². The summed E-state index contributed by atoms with van der Waals surface area (Å²) in [5.41, 5.74) is 5.55. The topological polar surface area (TPSA) is 76.3 Å². The van der Waals surface area contributed by atoms with Gasteiger partial charge in [0.15, 0.2) is 0 Å². The number of sulfonamides is 1. The second-order valence-corrected chi connectivity index (χ2v) is 6.58. The van der Waals surface area contributed by atoms with E-state index < -0.39 is 10.0 Å². The number of hydrogen-bond acceptors (Lipinski definition) is 4. The first-order valence-corrected chi connectivity index (χ1v) is 7.69. The molecule has 2 rings (SSSR count). The molecule has 0 radical (unpaired) electrons. The van der Waals surface area contributed by atoms with Crippen LogP contribution in [0.5, 0.6) is 0 Å². The SMILES string of the molecule is Cl.NCCC1CCCN(S(=O)(=O)c2cccnc2)C1. The summed E-state index contributed by atoms with van der Waals surface area (Å²) < 4.78 is 26.3. The molecule has 0 saturated carbocycles. The molecule has 0 amide bonds. The number of halogens is 1. The molecule has 2 heterocycles. The van der Waals surface area contributed by atoms with Gasteiger partial charge in [0, 0.05) is 25.5 Å². The summed E-state index contributed by atoms with van der Waals surface area (Å²) in [4.78, 5) is 4.15. The monoisotopic (exact) mass is 305 g/mol. The van der Waals surface area contributed by atoms with Crippen LogP contribution in [-0.4, -0.2) is 37.3 Å². The lowest BCUT2D eigenvalue weighted by Gasteiger charge is -2.31.